The van der Waals surface area contributed by atoms with Gasteiger partial charge in [-0.3, -0.25) is 4.98 Å². The molecule has 1 N–H and O–H groups in total. The van der Waals surface area contributed by atoms with E-state index in [-0.39, 0.29) is 5.97 Å². The molecule has 0 bridgehead atoms. The van der Waals surface area contributed by atoms with Crippen molar-refractivity contribution >= 4 is 11.7 Å². The van der Waals surface area contributed by atoms with Crippen molar-refractivity contribution in [2.75, 3.05) is 12.4 Å². The quantitative estimate of drug-likeness (QED) is 0.836. The number of rotatable bonds is 4. The van der Waals surface area contributed by atoms with Crippen LogP contribution in [0.15, 0.2) is 54.9 Å². The Bertz CT molecular complexity index is 500. The molecule has 92 valence electrons. The maximum absolute atomic E-state index is 11.8. The summed E-state index contributed by atoms with van der Waals surface area (Å²) in [5, 5.41) is 3.11. The minimum Gasteiger partial charge on any atom is -0.467 e. The fourth-order valence-electron chi connectivity index (χ4n) is 1.66. The SMILES string of the molecule is COC(=O)C(Nc1cccnc1)c1ccccc1. The van der Waals surface area contributed by atoms with Crippen molar-refractivity contribution < 1.29 is 9.53 Å². The van der Waals surface area contributed by atoms with Crippen LogP contribution in [0.4, 0.5) is 5.69 Å². The molecule has 4 nitrogen and oxygen atoms in total. The molecule has 0 spiro atoms. The van der Waals surface area contributed by atoms with Crippen LogP contribution in [0.1, 0.15) is 11.6 Å². The number of ether oxygens (including phenoxy) is 1. The first-order valence-corrected chi connectivity index (χ1v) is 5.60. The Balaban J connectivity index is 2.24. The summed E-state index contributed by atoms with van der Waals surface area (Å²) in [4.78, 5) is 15.8. The van der Waals surface area contributed by atoms with Gasteiger partial charge >= 0.3 is 5.97 Å². The van der Waals surface area contributed by atoms with Crippen LogP contribution >= 0.6 is 0 Å². The maximum atomic E-state index is 11.8. The lowest BCUT2D eigenvalue weighted by Gasteiger charge is -2.17. The van der Waals surface area contributed by atoms with Crippen molar-refractivity contribution in [2.45, 2.75) is 6.04 Å². The molecule has 1 aromatic carbocycles. The number of pyridine rings is 1. The zero-order chi connectivity index (χ0) is 12.8. The molecule has 1 unspecified atom stereocenters. The van der Waals surface area contributed by atoms with E-state index in [2.05, 4.69) is 10.3 Å². The van der Waals surface area contributed by atoms with Crippen LogP contribution < -0.4 is 5.32 Å². The lowest BCUT2D eigenvalue weighted by molar-refractivity contribution is -0.141. The predicted octanol–water partition coefficient (Wildman–Crippen LogP) is 2.41. The number of esters is 1. The molecule has 0 radical (unpaired) electrons. The summed E-state index contributed by atoms with van der Waals surface area (Å²) in [7, 11) is 1.38. The molecule has 18 heavy (non-hydrogen) atoms. The lowest BCUT2D eigenvalue weighted by atomic mass is 10.1. The molecule has 2 rings (SSSR count). The topological polar surface area (TPSA) is 51.2 Å². The first-order valence-electron chi connectivity index (χ1n) is 5.60. The molecule has 0 saturated heterocycles. The van der Waals surface area contributed by atoms with Gasteiger partial charge in [0.2, 0.25) is 0 Å². The standard InChI is InChI=1S/C14H14N2O2/c1-18-14(17)13(11-6-3-2-4-7-11)16-12-8-5-9-15-10-12/h2-10,13,16H,1H3. The van der Waals surface area contributed by atoms with Gasteiger partial charge in [0.1, 0.15) is 0 Å². The Morgan fingerprint density at radius 1 is 1.22 bits per heavy atom. The van der Waals surface area contributed by atoms with Gasteiger partial charge in [-0.25, -0.2) is 4.79 Å². The van der Waals surface area contributed by atoms with Crippen molar-refractivity contribution in [3.63, 3.8) is 0 Å². The summed E-state index contributed by atoms with van der Waals surface area (Å²) in [6.07, 6.45) is 3.35. The van der Waals surface area contributed by atoms with Gasteiger partial charge in [0, 0.05) is 12.4 Å². The second-order valence-corrected chi connectivity index (χ2v) is 3.75. The summed E-state index contributed by atoms with van der Waals surface area (Å²) >= 11 is 0. The van der Waals surface area contributed by atoms with Crippen LogP contribution in [-0.4, -0.2) is 18.1 Å². The first kappa shape index (κ1) is 12.1. The highest BCUT2D eigenvalue weighted by molar-refractivity contribution is 5.80. The number of benzene rings is 1. The number of carbonyl (C=O) groups excluding carboxylic acids is 1. The van der Waals surface area contributed by atoms with Crippen LogP contribution in [0.25, 0.3) is 0 Å². The zero-order valence-electron chi connectivity index (χ0n) is 10.0. The Labute approximate surface area is 106 Å². The number of hydrogen-bond donors (Lipinski definition) is 1. The molecule has 0 fully saturated rings. The maximum Gasteiger partial charge on any atom is 0.332 e. The van der Waals surface area contributed by atoms with Crippen molar-refractivity contribution in [3.8, 4) is 0 Å². The van der Waals surface area contributed by atoms with Crippen molar-refractivity contribution in [1.82, 2.24) is 4.98 Å². The first-order chi connectivity index (χ1) is 8.81. The molecule has 0 aliphatic rings. The highest BCUT2D eigenvalue weighted by Gasteiger charge is 2.20. The lowest BCUT2D eigenvalue weighted by Crippen LogP contribution is -2.22. The molecule has 2 aromatic rings. The minimum atomic E-state index is -0.527. The largest absolute Gasteiger partial charge is 0.467 e. The minimum absolute atomic E-state index is 0.329. The van der Waals surface area contributed by atoms with E-state index in [1.807, 2.05) is 42.5 Å². The molecule has 1 heterocycles. The molecule has 0 saturated carbocycles. The highest BCUT2D eigenvalue weighted by atomic mass is 16.5. The number of nitrogens with one attached hydrogen (secondary N) is 1. The van der Waals surface area contributed by atoms with E-state index < -0.39 is 6.04 Å². The Kier molecular flexibility index (Phi) is 3.91. The third-order valence-electron chi connectivity index (χ3n) is 2.54. The smallest absolute Gasteiger partial charge is 0.332 e. The molecular formula is C14H14N2O2. The molecule has 0 aliphatic heterocycles. The Morgan fingerprint density at radius 3 is 2.61 bits per heavy atom. The van der Waals surface area contributed by atoms with Gasteiger partial charge in [0.05, 0.1) is 12.8 Å². The third-order valence-corrected chi connectivity index (χ3v) is 2.54. The van der Waals surface area contributed by atoms with Gasteiger partial charge in [-0.15, -0.1) is 0 Å². The number of nitrogens with zero attached hydrogens (tertiary/aromatic N) is 1. The van der Waals surface area contributed by atoms with E-state index in [0.29, 0.717) is 0 Å². The van der Waals surface area contributed by atoms with E-state index in [9.17, 15) is 4.79 Å². The number of anilines is 1. The molecular weight excluding hydrogens is 228 g/mol. The second kappa shape index (κ2) is 5.82. The molecule has 0 amide bonds. The molecule has 0 aliphatic carbocycles. The summed E-state index contributed by atoms with van der Waals surface area (Å²) in [6.45, 7) is 0. The highest BCUT2D eigenvalue weighted by Crippen LogP contribution is 2.19. The molecule has 1 atom stereocenters. The van der Waals surface area contributed by atoms with E-state index in [1.54, 1.807) is 12.4 Å². The number of methoxy groups -OCH3 is 1. The second-order valence-electron chi connectivity index (χ2n) is 3.75. The van der Waals surface area contributed by atoms with Crippen molar-refractivity contribution in [2.24, 2.45) is 0 Å². The monoisotopic (exact) mass is 242 g/mol. The zero-order valence-corrected chi connectivity index (χ0v) is 10.0. The summed E-state index contributed by atoms with van der Waals surface area (Å²) < 4.78 is 4.82. The summed E-state index contributed by atoms with van der Waals surface area (Å²) in [5.41, 5.74) is 1.63. The van der Waals surface area contributed by atoms with E-state index in [4.69, 9.17) is 4.74 Å². The van der Waals surface area contributed by atoms with Gasteiger partial charge in [-0.05, 0) is 17.7 Å². The van der Waals surface area contributed by atoms with Gasteiger partial charge in [-0.1, -0.05) is 30.3 Å². The Hall–Kier alpha value is -2.36. The van der Waals surface area contributed by atoms with Crippen molar-refractivity contribution in [3.05, 3.63) is 60.4 Å². The average molecular weight is 242 g/mol. The average Bonchev–Trinajstić information content (AvgIpc) is 2.46. The number of hydrogen-bond acceptors (Lipinski definition) is 4. The van der Waals surface area contributed by atoms with Crippen molar-refractivity contribution in [1.29, 1.82) is 0 Å². The van der Waals surface area contributed by atoms with Gasteiger partial charge < -0.3 is 10.1 Å². The van der Waals surface area contributed by atoms with Gasteiger partial charge in [0.25, 0.3) is 0 Å². The summed E-state index contributed by atoms with van der Waals surface area (Å²) in [6, 6.07) is 12.6. The number of aromatic nitrogens is 1. The van der Waals surface area contributed by atoms with E-state index >= 15 is 0 Å². The van der Waals surface area contributed by atoms with Gasteiger partial charge in [-0.2, -0.15) is 0 Å². The molecule has 4 heteroatoms. The normalized spacial score (nSPS) is 11.6. The summed E-state index contributed by atoms with van der Waals surface area (Å²) in [5.74, 6) is -0.329. The van der Waals surface area contributed by atoms with E-state index in [0.717, 1.165) is 11.3 Å². The van der Waals surface area contributed by atoms with Crippen LogP contribution in [0.5, 0.6) is 0 Å². The fraction of sp³-hybridized carbons (Fsp3) is 0.143. The van der Waals surface area contributed by atoms with Crippen LogP contribution in [0, 0.1) is 0 Å². The predicted molar refractivity (Wildman–Crippen MR) is 69.1 cm³/mol. The Morgan fingerprint density at radius 2 is 2.00 bits per heavy atom. The fourth-order valence-corrected chi connectivity index (χ4v) is 1.66. The van der Waals surface area contributed by atoms with E-state index in [1.165, 1.54) is 7.11 Å². The van der Waals surface area contributed by atoms with Crippen LogP contribution in [-0.2, 0) is 9.53 Å². The third kappa shape index (κ3) is 2.85. The van der Waals surface area contributed by atoms with Crippen LogP contribution in [0.3, 0.4) is 0 Å². The van der Waals surface area contributed by atoms with Crippen LogP contribution in [0.2, 0.25) is 0 Å². The van der Waals surface area contributed by atoms with Gasteiger partial charge in [0.15, 0.2) is 6.04 Å². The molecule has 1 aromatic heterocycles. The number of carbonyl (C=O) groups is 1.